The summed E-state index contributed by atoms with van der Waals surface area (Å²) in [5, 5.41) is 8.54. The maximum atomic E-state index is 10.4. The molecule has 0 aromatic heterocycles. The predicted molar refractivity (Wildman–Crippen MR) is 93.8 cm³/mol. The van der Waals surface area contributed by atoms with Crippen LogP contribution in [0.5, 0.6) is 0 Å². The molecule has 0 aliphatic carbocycles. The normalized spacial score (nSPS) is 10.7. The lowest BCUT2D eigenvalue weighted by molar-refractivity contribution is -0.133. The number of unbranched alkanes of at least 4 members (excludes halogenated alkanes) is 10. The van der Waals surface area contributed by atoms with Gasteiger partial charge in [0.1, 0.15) is 0 Å². The minimum Gasteiger partial charge on any atom is -0.481 e. The maximum absolute atomic E-state index is 10.4. The van der Waals surface area contributed by atoms with Gasteiger partial charge in [0.15, 0.2) is 0 Å². The Bertz CT molecular complexity index is 255. The summed E-state index contributed by atoms with van der Waals surface area (Å²) in [6, 6.07) is 0. The third-order valence-electron chi connectivity index (χ3n) is 3.34. The lowest BCUT2D eigenvalue weighted by atomic mass is 10.1. The van der Waals surface area contributed by atoms with Crippen molar-refractivity contribution in [2.24, 2.45) is 0 Å². The van der Waals surface area contributed by atoms with Crippen molar-refractivity contribution in [1.29, 1.82) is 0 Å². The molecule has 0 bridgehead atoms. The highest BCUT2D eigenvalue weighted by Gasteiger charge is 2.02. The SMILES string of the molecule is CCCCCCCCCCCCCC(=S)SCC(=O)O. The van der Waals surface area contributed by atoms with E-state index in [1.54, 1.807) is 0 Å². The number of aliphatic carboxylic acids is 1. The fraction of sp³-hybridized carbons (Fsp3) is 0.875. The van der Waals surface area contributed by atoms with E-state index in [0.717, 1.165) is 17.0 Å². The van der Waals surface area contributed by atoms with E-state index in [4.69, 9.17) is 17.3 Å². The Kier molecular flexibility index (Phi) is 15.2. The Balaban J connectivity index is 3.12. The average molecular weight is 319 g/mol. The second-order valence-corrected chi connectivity index (χ2v) is 7.16. The summed E-state index contributed by atoms with van der Waals surface area (Å²) < 4.78 is 0.850. The first-order chi connectivity index (χ1) is 9.66. The van der Waals surface area contributed by atoms with E-state index >= 15 is 0 Å². The van der Waals surface area contributed by atoms with Crippen LogP contribution in [0.25, 0.3) is 0 Å². The van der Waals surface area contributed by atoms with Crippen molar-refractivity contribution in [3.05, 3.63) is 0 Å². The summed E-state index contributed by atoms with van der Waals surface area (Å²) in [6.45, 7) is 2.26. The fourth-order valence-electron chi connectivity index (χ4n) is 2.15. The van der Waals surface area contributed by atoms with Crippen molar-refractivity contribution in [2.75, 3.05) is 5.75 Å². The topological polar surface area (TPSA) is 37.3 Å². The minimum atomic E-state index is -0.781. The molecule has 1 N–H and O–H groups in total. The Morgan fingerprint density at radius 2 is 1.35 bits per heavy atom. The molecule has 0 fully saturated rings. The zero-order valence-electron chi connectivity index (χ0n) is 12.9. The third kappa shape index (κ3) is 16.0. The van der Waals surface area contributed by atoms with Crippen molar-refractivity contribution in [1.82, 2.24) is 0 Å². The first-order valence-corrected chi connectivity index (χ1v) is 9.43. The molecule has 2 nitrogen and oxygen atoms in total. The van der Waals surface area contributed by atoms with Gasteiger partial charge in [-0.2, -0.15) is 0 Å². The number of thiocarbonyl (C=S) groups is 1. The van der Waals surface area contributed by atoms with E-state index in [-0.39, 0.29) is 5.75 Å². The van der Waals surface area contributed by atoms with E-state index in [1.165, 1.54) is 76.0 Å². The standard InChI is InChI=1S/C16H30O2S2/c1-2-3-4-5-6-7-8-9-10-11-12-13-16(19)20-14-15(17)18/h2-14H2,1H3,(H,17,18). The maximum Gasteiger partial charge on any atom is 0.313 e. The molecule has 0 aliphatic heterocycles. The molecule has 4 heteroatoms. The second-order valence-electron chi connectivity index (χ2n) is 5.34. The van der Waals surface area contributed by atoms with Gasteiger partial charge in [0.05, 0.1) is 5.75 Å². The zero-order chi connectivity index (χ0) is 15.1. The monoisotopic (exact) mass is 318 g/mol. The number of rotatable bonds is 14. The highest BCUT2D eigenvalue weighted by molar-refractivity contribution is 8.23. The summed E-state index contributed by atoms with van der Waals surface area (Å²) >= 11 is 6.44. The van der Waals surface area contributed by atoms with Crippen LogP contribution in [0.2, 0.25) is 0 Å². The van der Waals surface area contributed by atoms with Gasteiger partial charge in [0.25, 0.3) is 0 Å². The van der Waals surface area contributed by atoms with Crippen LogP contribution in [-0.4, -0.2) is 21.0 Å². The van der Waals surface area contributed by atoms with Crippen LogP contribution in [0.3, 0.4) is 0 Å². The van der Waals surface area contributed by atoms with E-state index in [9.17, 15) is 4.79 Å². The lowest BCUT2D eigenvalue weighted by Gasteiger charge is -2.03. The smallest absolute Gasteiger partial charge is 0.313 e. The van der Waals surface area contributed by atoms with Crippen molar-refractivity contribution in [3.8, 4) is 0 Å². The predicted octanol–water partition coefficient (Wildman–Crippen LogP) is 5.83. The summed E-state index contributed by atoms with van der Waals surface area (Å²) in [7, 11) is 0. The number of carboxylic acids is 1. The Hall–Kier alpha value is -0.0900. The number of hydrogen-bond acceptors (Lipinski definition) is 3. The van der Waals surface area contributed by atoms with Gasteiger partial charge in [-0.3, -0.25) is 4.79 Å². The molecule has 0 saturated heterocycles. The van der Waals surface area contributed by atoms with Crippen LogP contribution in [0.15, 0.2) is 0 Å². The molecule has 0 amide bonds. The molecule has 0 radical (unpaired) electrons. The Morgan fingerprint density at radius 1 is 0.900 bits per heavy atom. The minimum absolute atomic E-state index is 0.108. The van der Waals surface area contributed by atoms with Crippen LogP contribution in [0.4, 0.5) is 0 Å². The molecule has 0 spiro atoms. The van der Waals surface area contributed by atoms with Crippen LogP contribution >= 0.6 is 24.0 Å². The number of carboxylic acid groups (broad SMARTS) is 1. The van der Waals surface area contributed by atoms with E-state index < -0.39 is 5.97 Å². The molecular weight excluding hydrogens is 288 g/mol. The van der Waals surface area contributed by atoms with Gasteiger partial charge in [0, 0.05) is 4.20 Å². The average Bonchev–Trinajstić information content (AvgIpc) is 2.42. The largest absolute Gasteiger partial charge is 0.481 e. The summed E-state index contributed by atoms with van der Waals surface area (Å²) in [4.78, 5) is 10.4. The van der Waals surface area contributed by atoms with E-state index in [1.807, 2.05) is 0 Å². The van der Waals surface area contributed by atoms with Gasteiger partial charge in [-0.25, -0.2) is 0 Å². The highest BCUT2D eigenvalue weighted by atomic mass is 32.2. The highest BCUT2D eigenvalue weighted by Crippen LogP contribution is 2.15. The van der Waals surface area contributed by atoms with Gasteiger partial charge in [-0.15, -0.1) is 11.8 Å². The number of thioether (sulfide) groups is 1. The molecule has 0 aliphatic rings. The molecule has 0 saturated carbocycles. The summed E-state index contributed by atoms with van der Waals surface area (Å²) in [6.07, 6.45) is 15.5. The summed E-state index contributed by atoms with van der Waals surface area (Å²) in [5.41, 5.74) is 0. The second kappa shape index (κ2) is 15.3. The molecular formula is C16H30O2S2. The van der Waals surface area contributed by atoms with Gasteiger partial charge in [-0.1, -0.05) is 83.3 Å². The van der Waals surface area contributed by atoms with E-state index in [0.29, 0.717) is 0 Å². The lowest BCUT2D eigenvalue weighted by Crippen LogP contribution is -2.01. The van der Waals surface area contributed by atoms with E-state index in [2.05, 4.69) is 6.92 Å². The number of hydrogen-bond donors (Lipinski definition) is 1. The van der Waals surface area contributed by atoms with Crippen molar-refractivity contribution in [2.45, 2.75) is 84.0 Å². The van der Waals surface area contributed by atoms with Crippen molar-refractivity contribution >= 4 is 34.1 Å². The summed E-state index contributed by atoms with van der Waals surface area (Å²) in [5.74, 6) is -0.673. The molecule has 0 unspecified atom stereocenters. The molecule has 0 rings (SSSR count). The fourth-order valence-corrected chi connectivity index (χ4v) is 3.04. The van der Waals surface area contributed by atoms with Crippen LogP contribution in [0.1, 0.15) is 84.0 Å². The van der Waals surface area contributed by atoms with Gasteiger partial charge >= 0.3 is 5.97 Å². The van der Waals surface area contributed by atoms with Gasteiger partial charge < -0.3 is 5.11 Å². The molecule has 0 atom stereocenters. The van der Waals surface area contributed by atoms with Gasteiger partial charge in [0.2, 0.25) is 0 Å². The molecule has 118 valence electrons. The van der Waals surface area contributed by atoms with Gasteiger partial charge in [-0.05, 0) is 12.8 Å². The van der Waals surface area contributed by atoms with Crippen molar-refractivity contribution < 1.29 is 9.90 Å². The Labute approximate surface area is 134 Å². The van der Waals surface area contributed by atoms with Crippen molar-refractivity contribution in [3.63, 3.8) is 0 Å². The first-order valence-electron chi connectivity index (χ1n) is 8.04. The van der Waals surface area contributed by atoms with Crippen LogP contribution in [-0.2, 0) is 4.79 Å². The number of carbonyl (C=O) groups is 1. The molecule has 0 aromatic carbocycles. The molecule has 20 heavy (non-hydrogen) atoms. The quantitative estimate of drug-likeness (QED) is 0.323. The molecule has 0 heterocycles. The zero-order valence-corrected chi connectivity index (χ0v) is 14.5. The Morgan fingerprint density at radius 3 is 1.80 bits per heavy atom. The van der Waals surface area contributed by atoms with Crippen LogP contribution in [0, 0.1) is 0 Å². The molecule has 0 aromatic rings. The first kappa shape index (κ1) is 19.9. The van der Waals surface area contributed by atoms with Crippen LogP contribution < -0.4 is 0 Å². The third-order valence-corrected chi connectivity index (χ3v) is 4.82.